The van der Waals surface area contributed by atoms with E-state index in [1.165, 1.54) is 12.8 Å². The SMILES string of the molecule is FC1CNCC2(CC2)C1. The smallest absolute Gasteiger partial charge is 0.113 e. The van der Waals surface area contributed by atoms with Gasteiger partial charge in [0.05, 0.1) is 0 Å². The lowest BCUT2D eigenvalue weighted by molar-refractivity contribution is 0.202. The van der Waals surface area contributed by atoms with Crippen LogP contribution in [0.5, 0.6) is 0 Å². The molecule has 1 saturated carbocycles. The molecule has 0 aromatic carbocycles. The highest BCUT2D eigenvalue weighted by Crippen LogP contribution is 2.50. The predicted molar refractivity (Wildman–Crippen MR) is 34.0 cm³/mol. The Labute approximate surface area is 54.6 Å². The van der Waals surface area contributed by atoms with E-state index in [-0.39, 0.29) is 0 Å². The number of alkyl halides is 1. The normalized spacial score (nSPS) is 39.0. The van der Waals surface area contributed by atoms with Crippen molar-refractivity contribution in [3.63, 3.8) is 0 Å². The van der Waals surface area contributed by atoms with Gasteiger partial charge in [-0.15, -0.1) is 0 Å². The van der Waals surface area contributed by atoms with Gasteiger partial charge in [0.25, 0.3) is 0 Å². The lowest BCUT2D eigenvalue weighted by Gasteiger charge is -2.24. The lowest BCUT2D eigenvalue weighted by Crippen LogP contribution is -2.38. The van der Waals surface area contributed by atoms with E-state index in [9.17, 15) is 4.39 Å². The first-order chi connectivity index (χ1) is 4.31. The molecule has 0 aromatic heterocycles. The minimum absolute atomic E-state index is 0.414. The molecule has 1 spiro atoms. The average Bonchev–Trinajstić information content (AvgIpc) is 2.49. The third-order valence-electron chi connectivity index (χ3n) is 2.48. The van der Waals surface area contributed by atoms with Crippen LogP contribution in [-0.2, 0) is 0 Å². The molecular formula is C7H12FN. The Kier molecular flexibility index (Phi) is 1.06. The Hall–Kier alpha value is -0.110. The van der Waals surface area contributed by atoms with Crippen LogP contribution >= 0.6 is 0 Å². The summed E-state index contributed by atoms with van der Waals surface area (Å²) in [6.07, 6.45) is 2.75. The average molecular weight is 129 g/mol. The summed E-state index contributed by atoms with van der Waals surface area (Å²) < 4.78 is 12.7. The highest BCUT2D eigenvalue weighted by molar-refractivity contribution is 4.99. The van der Waals surface area contributed by atoms with Crippen molar-refractivity contribution < 1.29 is 4.39 Å². The third-order valence-corrected chi connectivity index (χ3v) is 2.48. The molecule has 1 aliphatic carbocycles. The Morgan fingerprint density at radius 1 is 1.44 bits per heavy atom. The molecule has 1 atom stereocenters. The largest absolute Gasteiger partial charge is 0.313 e. The van der Waals surface area contributed by atoms with Gasteiger partial charge in [0.15, 0.2) is 0 Å². The van der Waals surface area contributed by atoms with E-state index in [2.05, 4.69) is 5.32 Å². The van der Waals surface area contributed by atoms with Crippen LogP contribution < -0.4 is 5.32 Å². The van der Waals surface area contributed by atoms with Crippen LogP contribution in [0.15, 0.2) is 0 Å². The lowest BCUT2D eigenvalue weighted by atomic mass is 9.96. The molecular weight excluding hydrogens is 117 g/mol. The highest BCUT2D eigenvalue weighted by Gasteiger charge is 2.45. The molecule has 0 aromatic rings. The first-order valence-corrected chi connectivity index (χ1v) is 3.66. The zero-order chi connectivity index (χ0) is 6.32. The number of piperidine rings is 1. The van der Waals surface area contributed by atoms with Crippen LogP contribution in [0.25, 0.3) is 0 Å². The number of hydrogen-bond donors (Lipinski definition) is 1. The molecule has 2 rings (SSSR count). The molecule has 52 valence electrons. The van der Waals surface area contributed by atoms with Crippen molar-refractivity contribution in [1.82, 2.24) is 5.32 Å². The summed E-state index contributed by atoms with van der Waals surface area (Å²) in [4.78, 5) is 0. The van der Waals surface area contributed by atoms with E-state index in [1.54, 1.807) is 0 Å². The summed E-state index contributed by atoms with van der Waals surface area (Å²) in [5, 5.41) is 3.11. The van der Waals surface area contributed by atoms with E-state index in [4.69, 9.17) is 0 Å². The molecule has 2 heteroatoms. The van der Waals surface area contributed by atoms with Crippen molar-refractivity contribution in [3.8, 4) is 0 Å². The van der Waals surface area contributed by atoms with Gasteiger partial charge in [0.2, 0.25) is 0 Å². The van der Waals surface area contributed by atoms with E-state index in [0.29, 0.717) is 12.0 Å². The van der Waals surface area contributed by atoms with E-state index in [0.717, 1.165) is 13.0 Å². The van der Waals surface area contributed by atoms with E-state index < -0.39 is 6.17 Å². The van der Waals surface area contributed by atoms with Crippen LogP contribution in [0.1, 0.15) is 19.3 Å². The maximum absolute atomic E-state index is 12.7. The zero-order valence-electron chi connectivity index (χ0n) is 5.49. The fraction of sp³-hybridized carbons (Fsp3) is 1.00. The van der Waals surface area contributed by atoms with Crippen molar-refractivity contribution in [2.75, 3.05) is 13.1 Å². The highest BCUT2D eigenvalue weighted by atomic mass is 19.1. The molecule has 1 heterocycles. The van der Waals surface area contributed by atoms with Gasteiger partial charge in [-0.2, -0.15) is 0 Å². The van der Waals surface area contributed by atoms with Crippen LogP contribution in [0.4, 0.5) is 4.39 Å². The standard InChI is InChI=1S/C7H12FN/c8-6-3-7(1-2-7)5-9-4-6/h6,9H,1-5H2. The maximum Gasteiger partial charge on any atom is 0.113 e. The summed E-state index contributed by atoms with van der Waals surface area (Å²) in [7, 11) is 0. The van der Waals surface area contributed by atoms with Crippen molar-refractivity contribution in [2.45, 2.75) is 25.4 Å². The Balaban J connectivity index is 1.96. The summed E-state index contributed by atoms with van der Waals surface area (Å²) in [6.45, 7) is 1.65. The number of nitrogens with one attached hydrogen (secondary N) is 1. The van der Waals surface area contributed by atoms with Crippen LogP contribution in [-0.4, -0.2) is 19.3 Å². The van der Waals surface area contributed by atoms with Gasteiger partial charge in [-0.1, -0.05) is 0 Å². The van der Waals surface area contributed by atoms with Gasteiger partial charge >= 0.3 is 0 Å². The molecule has 9 heavy (non-hydrogen) atoms. The molecule has 1 aliphatic heterocycles. The number of hydrogen-bond acceptors (Lipinski definition) is 1. The zero-order valence-corrected chi connectivity index (χ0v) is 5.49. The molecule has 0 amide bonds. The first-order valence-electron chi connectivity index (χ1n) is 3.66. The van der Waals surface area contributed by atoms with Gasteiger partial charge in [0.1, 0.15) is 6.17 Å². The quantitative estimate of drug-likeness (QED) is 0.516. The van der Waals surface area contributed by atoms with Crippen molar-refractivity contribution in [1.29, 1.82) is 0 Å². The second-order valence-electron chi connectivity index (χ2n) is 3.43. The monoisotopic (exact) mass is 129 g/mol. The molecule has 1 unspecified atom stereocenters. The van der Waals surface area contributed by atoms with Crippen LogP contribution in [0, 0.1) is 5.41 Å². The minimum Gasteiger partial charge on any atom is -0.313 e. The summed E-state index contributed by atoms with van der Waals surface area (Å²) in [5.41, 5.74) is 0.414. The Morgan fingerprint density at radius 2 is 2.22 bits per heavy atom. The van der Waals surface area contributed by atoms with Gasteiger partial charge in [-0.25, -0.2) is 4.39 Å². The molecule has 2 aliphatic rings. The second kappa shape index (κ2) is 1.69. The van der Waals surface area contributed by atoms with Crippen LogP contribution in [0.2, 0.25) is 0 Å². The fourth-order valence-electron chi connectivity index (χ4n) is 1.67. The molecule has 0 radical (unpaired) electrons. The van der Waals surface area contributed by atoms with Crippen LogP contribution in [0.3, 0.4) is 0 Å². The molecule has 1 nitrogen and oxygen atoms in total. The van der Waals surface area contributed by atoms with E-state index in [1.807, 2.05) is 0 Å². The number of rotatable bonds is 0. The van der Waals surface area contributed by atoms with Gasteiger partial charge in [0, 0.05) is 13.1 Å². The fourth-order valence-corrected chi connectivity index (χ4v) is 1.67. The van der Waals surface area contributed by atoms with Gasteiger partial charge in [-0.3, -0.25) is 0 Å². The summed E-state index contributed by atoms with van der Waals surface area (Å²) in [6, 6.07) is 0. The van der Waals surface area contributed by atoms with E-state index >= 15 is 0 Å². The minimum atomic E-state index is -0.568. The molecule has 0 bridgehead atoms. The molecule has 1 saturated heterocycles. The first kappa shape index (κ1) is 5.66. The van der Waals surface area contributed by atoms with Crippen molar-refractivity contribution in [2.24, 2.45) is 5.41 Å². The maximum atomic E-state index is 12.7. The number of halogens is 1. The Morgan fingerprint density at radius 3 is 2.67 bits per heavy atom. The Bertz CT molecular complexity index is 120. The summed E-state index contributed by atoms with van der Waals surface area (Å²) in [5.74, 6) is 0. The molecule has 1 N–H and O–H groups in total. The topological polar surface area (TPSA) is 12.0 Å². The van der Waals surface area contributed by atoms with Crippen molar-refractivity contribution in [3.05, 3.63) is 0 Å². The van der Waals surface area contributed by atoms with Gasteiger partial charge < -0.3 is 5.32 Å². The predicted octanol–water partition coefficient (Wildman–Crippen LogP) is 1.10. The summed E-state index contributed by atoms with van der Waals surface area (Å²) >= 11 is 0. The molecule has 2 fully saturated rings. The second-order valence-corrected chi connectivity index (χ2v) is 3.43. The third kappa shape index (κ3) is 0.960. The van der Waals surface area contributed by atoms with Gasteiger partial charge in [-0.05, 0) is 24.7 Å². The van der Waals surface area contributed by atoms with Crippen molar-refractivity contribution >= 4 is 0 Å².